The summed E-state index contributed by atoms with van der Waals surface area (Å²) in [6, 6.07) is 9.96. The molecule has 2 atom stereocenters. The lowest BCUT2D eigenvalue weighted by Gasteiger charge is -2.23. The molecule has 0 aliphatic carbocycles. The number of hydrogen-bond donors (Lipinski definition) is 2. The molecule has 3 rings (SSSR count). The van der Waals surface area contributed by atoms with Crippen molar-refractivity contribution in [2.45, 2.75) is 31.3 Å². The summed E-state index contributed by atoms with van der Waals surface area (Å²) in [5.74, 6) is 0.123. The predicted molar refractivity (Wildman–Crippen MR) is 83.5 cm³/mol. The van der Waals surface area contributed by atoms with Crippen LogP contribution in [0.3, 0.4) is 0 Å². The molecule has 0 bridgehead atoms. The quantitative estimate of drug-likeness (QED) is 0.884. The summed E-state index contributed by atoms with van der Waals surface area (Å²) in [5.41, 5.74) is 0.797. The number of carbonyl (C=O) groups is 2. The molecule has 6 heteroatoms. The smallest absolute Gasteiger partial charge is 0.226 e. The fraction of sp³-hybridized carbons (Fsp3) is 0.467. The fourth-order valence-corrected chi connectivity index (χ4v) is 3.08. The first-order chi connectivity index (χ1) is 9.74. The number of para-hydroxylation sites is 1. The fourth-order valence-electron chi connectivity index (χ4n) is 3.08. The van der Waals surface area contributed by atoms with Gasteiger partial charge < -0.3 is 15.5 Å². The number of nitrogens with one attached hydrogen (secondary N) is 2. The summed E-state index contributed by atoms with van der Waals surface area (Å²) < 4.78 is 0. The summed E-state index contributed by atoms with van der Waals surface area (Å²) in [4.78, 5) is 25.7. The SMILES string of the molecule is Cl.O=C(CCN1C(=O)C[C@H]2NCC[C@H]21)Nc1ccccc1. The Morgan fingerprint density at radius 3 is 2.86 bits per heavy atom. The van der Waals surface area contributed by atoms with E-state index >= 15 is 0 Å². The summed E-state index contributed by atoms with van der Waals surface area (Å²) in [6.07, 6.45) is 1.92. The van der Waals surface area contributed by atoms with Gasteiger partial charge in [0.1, 0.15) is 0 Å². The van der Waals surface area contributed by atoms with Crippen molar-refractivity contribution in [3.63, 3.8) is 0 Å². The van der Waals surface area contributed by atoms with Crippen LogP contribution in [0.1, 0.15) is 19.3 Å². The molecule has 0 spiro atoms. The van der Waals surface area contributed by atoms with Crippen LogP contribution in [0.25, 0.3) is 0 Å². The number of fused-ring (bicyclic) bond motifs is 1. The van der Waals surface area contributed by atoms with Crippen molar-refractivity contribution in [3.05, 3.63) is 30.3 Å². The number of halogens is 1. The van der Waals surface area contributed by atoms with Crippen LogP contribution in [0.2, 0.25) is 0 Å². The number of rotatable bonds is 4. The molecule has 1 aromatic rings. The van der Waals surface area contributed by atoms with Gasteiger partial charge in [-0.3, -0.25) is 9.59 Å². The molecule has 2 amide bonds. The van der Waals surface area contributed by atoms with Gasteiger partial charge in [0.2, 0.25) is 11.8 Å². The van der Waals surface area contributed by atoms with Crippen molar-refractivity contribution in [3.8, 4) is 0 Å². The molecule has 0 saturated carbocycles. The molecular weight excluding hydrogens is 290 g/mol. The van der Waals surface area contributed by atoms with E-state index in [1.54, 1.807) is 0 Å². The van der Waals surface area contributed by atoms with Gasteiger partial charge in [-0.25, -0.2) is 0 Å². The molecule has 2 aliphatic heterocycles. The lowest BCUT2D eigenvalue weighted by Crippen LogP contribution is -2.37. The molecule has 2 saturated heterocycles. The topological polar surface area (TPSA) is 61.4 Å². The second-order valence-corrected chi connectivity index (χ2v) is 5.37. The van der Waals surface area contributed by atoms with Crippen molar-refractivity contribution >= 4 is 29.9 Å². The summed E-state index contributed by atoms with van der Waals surface area (Å²) in [7, 11) is 0. The van der Waals surface area contributed by atoms with Crippen molar-refractivity contribution in [2.75, 3.05) is 18.4 Å². The Bertz CT molecular complexity index is 509. The molecular formula is C15H20ClN3O2. The Morgan fingerprint density at radius 1 is 1.33 bits per heavy atom. The number of carbonyl (C=O) groups excluding carboxylic acids is 2. The summed E-state index contributed by atoms with van der Waals surface area (Å²) in [5, 5.41) is 6.19. The van der Waals surface area contributed by atoms with Gasteiger partial charge in [0.25, 0.3) is 0 Å². The van der Waals surface area contributed by atoms with Crippen molar-refractivity contribution in [2.24, 2.45) is 0 Å². The zero-order valence-electron chi connectivity index (χ0n) is 11.7. The minimum absolute atomic E-state index is 0. The number of likely N-dealkylation sites (tertiary alicyclic amines) is 1. The first kappa shape index (κ1) is 15.8. The molecule has 2 N–H and O–H groups in total. The maximum absolute atomic E-state index is 11.9. The molecule has 0 unspecified atom stereocenters. The Kier molecular flexibility index (Phi) is 5.20. The lowest BCUT2D eigenvalue weighted by atomic mass is 10.1. The minimum atomic E-state index is -0.0431. The maximum atomic E-state index is 11.9. The van der Waals surface area contributed by atoms with Crippen LogP contribution in [-0.4, -0.2) is 41.9 Å². The second kappa shape index (κ2) is 6.91. The van der Waals surface area contributed by atoms with Gasteiger partial charge >= 0.3 is 0 Å². The first-order valence-corrected chi connectivity index (χ1v) is 7.12. The average Bonchev–Trinajstić information content (AvgIpc) is 2.98. The Morgan fingerprint density at radius 2 is 2.10 bits per heavy atom. The Hall–Kier alpha value is -1.59. The Labute approximate surface area is 130 Å². The number of amides is 2. The number of hydrogen-bond acceptors (Lipinski definition) is 3. The summed E-state index contributed by atoms with van der Waals surface area (Å²) in [6.45, 7) is 1.48. The van der Waals surface area contributed by atoms with E-state index in [0.717, 1.165) is 18.7 Å². The zero-order valence-corrected chi connectivity index (χ0v) is 12.6. The van der Waals surface area contributed by atoms with Crippen LogP contribution in [-0.2, 0) is 9.59 Å². The normalized spacial score (nSPS) is 23.6. The monoisotopic (exact) mass is 309 g/mol. The minimum Gasteiger partial charge on any atom is -0.338 e. The molecule has 5 nitrogen and oxygen atoms in total. The molecule has 2 aliphatic rings. The molecule has 2 fully saturated rings. The summed E-state index contributed by atoms with van der Waals surface area (Å²) >= 11 is 0. The molecule has 114 valence electrons. The van der Waals surface area contributed by atoms with Crippen LogP contribution in [0.4, 0.5) is 5.69 Å². The van der Waals surface area contributed by atoms with Crippen LogP contribution in [0.5, 0.6) is 0 Å². The van der Waals surface area contributed by atoms with E-state index in [1.165, 1.54) is 0 Å². The van der Waals surface area contributed by atoms with Gasteiger partial charge in [-0.1, -0.05) is 18.2 Å². The standard InChI is InChI=1S/C15H19N3O2.ClH/c19-14(17-11-4-2-1-3-5-11)7-9-18-13-6-8-16-12(13)10-15(18)20;/h1-5,12-13,16H,6-10H2,(H,17,19);1H/t12-,13-;/m1./s1. The van der Waals surface area contributed by atoms with Crippen molar-refractivity contribution < 1.29 is 9.59 Å². The second-order valence-electron chi connectivity index (χ2n) is 5.37. The first-order valence-electron chi connectivity index (χ1n) is 7.12. The predicted octanol–water partition coefficient (Wildman–Crippen LogP) is 1.40. The van der Waals surface area contributed by atoms with Crippen LogP contribution in [0.15, 0.2) is 30.3 Å². The van der Waals surface area contributed by atoms with E-state index in [0.29, 0.717) is 25.4 Å². The van der Waals surface area contributed by atoms with Crippen LogP contribution in [0, 0.1) is 0 Å². The molecule has 1 aromatic carbocycles. The zero-order chi connectivity index (χ0) is 13.9. The molecule has 2 heterocycles. The van der Waals surface area contributed by atoms with Crippen LogP contribution >= 0.6 is 12.4 Å². The van der Waals surface area contributed by atoms with E-state index in [1.807, 2.05) is 35.2 Å². The van der Waals surface area contributed by atoms with Crippen molar-refractivity contribution in [1.29, 1.82) is 0 Å². The van der Waals surface area contributed by atoms with E-state index in [-0.39, 0.29) is 30.3 Å². The molecule has 0 radical (unpaired) electrons. The van der Waals surface area contributed by atoms with Gasteiger partial charge in [0.15, 0.2) is 0 Å². The third-order valence-corrected chi connectivity index (χ3v) is 4.06. The van der Waals surface area contributed by atoms with Crippen LogP contribution < -0.4 is 10.6 Å². The van der Waals surface area contributed by atoms with E-state index in [9.17, 15) is 9.59 Å². The molecule has 0 aromatic heterocycles. The van der Waals surface area contributed by atoms with Gasteiger partial charge in [-0.2, -0.15) is 0 Å². The lowest BCUT2D eigenvalue weighted by molar-refractivity contribution is -0.129. The highest BCUT2D eigenvalue weighted by molar-refractivity contribution is 5.91. The highest BCUT2D eigenvalue weighted by atomic mass is 35.5. The number of benzene rings is 1. The third-order valence-electron chi connectivity index (χ3n) is 4.06. The van der Waals surface area contributed by atoms with Gasteiger partial charge in [-0.05, 0) is 25.1 Å². The molecule has 21 heavy (non-hydrogen) atoms. The number of nitrogens with zero attached hydrogens (tertiary/aromatic N) is 1. The average molecular weight is 310 g/mol. The largest absolute Gasteiger partial charge is 0.338 e. The van der Waals surface area contributed by atoms with Crippen molar-refractivity contribution in [1.82, 2.24) is 10.2 Å². The highest BCUT2D eigenvalue weighted by Crippen LogP contribution is 2.26. The number of anilines is 1. The van der Waals surface area contributed by atoms with Gasteiger partial charge in [0, 0.05) is 37.2 Å². The maximum Gasteiger partial charge on any atom is 0.226 e. The van der Waals surface area contributed by atoms with E-state index in [2.05, 4.69) is 10.6 Å². The van der Waals surface area contributed by atoms with Gasteiger partial charge in [0.05, 0.1) is 0 Å². The third kappa shape index (κ3) is 3.54. The van der Waals surface area contributed by atoms with Gasteiger partial charge in [-0.15, -0.1) is 12.4 Å². The van der Waals surface area contributed by atoms with E-state index < -0.39 is 0 Å². The van der Waals surface area contributed by atoms with E-state index in [4.69, 9.17) is 0 Å². The Balaban J connectivity index is 0.00000161. The highest BCUT2D eigenvalue weighted by Gasteiger charge is 2.41.